The number of anilines is 4. The van der Waals surface area contributed by atoms with Crippen LogP contribution >= 0.6 is 0 Å². The Hall–Kier alpha value is -4.44. The van der Waals surface area contributed by atoms with Gasteiger partial charge in [0.1, 0.15) is 17.9 Å². The average molecular weight is 515 g/mol. The molecule has 38 heavy (non-hydrogen) atoms. The molecule has 2 aromatic heterocycles. The number of rotatable bonds is 11. The van der Waals surface area contributed by atoms with Crippen LogP contribution in [-0.2, 0) is 11.8 Å². The quantitative estimate of drug-likeness (QED) is 0.286. The number of carbonyl (C=O) groups excluding carboxylic acids is 1. The van der Waals surface area contributed by atoms with Gasteiger partial charge in [0.2, 0.25) is 5.91 Å². The molecular formula is C28H34N8O2. The number of aryl methyl sites for hydroxylation is 1. The molecule has 0 spiro atoms. The number of ether oxygens (including phenoxy) is 1. The highest BCUT2D eigenvalue weighted by molar-refractivity contribution is 6.02. The molecule has 0 fully saturated rings. The van der Waals surface area contributed by atoms with Crippen LogP contribution in [0, 0.1) is 0 Å². The van der Waals surface area contributed by atoms with Crippen LogP contribution in [0.25, 0.3) is 22.2 Å². The first-order chi connectivity index (χ1) is 18.3. The summed E-state index contributed by atoms with van der Waals surface area (Å²) in [7, 11) is 7.60. The molecule has 4 rings (SSSR count). The number of nitrogens with one attached hydrogen (secondary N) is 2. The summed E-state index contributed by atoms with van der Waals surface area (Å²) in [6, 6.07) is 11.7. The largest absolute Gasteiger partial charge is 0.494 e. The van der Waals surface area contributed by atoms with Gasteiger partial charge in [0.15, 0.2) is 0 Å². The minimum absolute atomic E-state index is 0.295. The van der Waals surface area contributed by atoms with E-state index in [-0.39, 0.29) is 5.91 Å². The summed E-state index contributed by atoms with van der Waals surface area (Å²) in [5.41, 5.74) is 4.86. The lowest BCUT2D eigenvalue weighted by Crippen LogP contribution is -2.31. The highest BCUT2D eigenvalue weighted by Gasteiger charge is 2.17. The Morgan fingerprint density at radius 3 is 2.68 bits per heavy atom. The molecule has 0 atom stereocenters. The van der Waals surface area contributed by atoms with Crippen molar-refractivity contribution in [3.8, 4) is 17.0 Å². The maximum absolute atomic E-state index is 12.3. The van der Waals surface area contributed by atoms with Crippen molar-refractivity contribution in [2.24, 2.45) is 7.05 Å². The molecule has 0 unspecified atom stereocenters. The van der Waals surface area contributed by atoms with Crippen LogP contribution in [-0.4, -0.2) is 71.4 Å². The predicted octanol–water partition coefficient (Wildman–Crippen LogP) is 4.29. The summed E-state index contributed by atoms with van der Waals surface area (Å²) in [6.45, 7) is 8.31. The SMILES string of the molecule is C=CC(=O)Nc1cc(Nc2cc(-c3ccc4cnn(C)c4c3)ncn2)c(OC)cc1N(C)CCN(C)CC. The van der Waals surface area contributed by atoms with Gasteiger partial charge in [0, 0.05) is 50.3 Å². The molecule has 1 amide bonds. The minimum atomic E-state index is -0.295. The van der Waals surface area contributed by atoms with Gasteiger partial charge in [-0.2, -0.15) is 5.10 Å². The van der Waals surface area contributed by atoms with Crippen LogP contribution in [0.1, 0.15) is 6.92 Å². The second kappa shape index (κ2) is 11.7. The maximum atomic E-state index is 12.3. The normalized spacial score (nSPS) is 11.0. The Bertz CT molecular complexity index is 1450. The smallest absolute Gasteiger partial charge is 0.247 e. The molecule has 0 aliphatic rings. The third-order valence-electron chi connectivity index (χ3n) is 6.50. The number of likely N-dealkylation sites (N-methyl/N-ethyl adjacent to an activating group) is 2. The van der Waals surface area contributed by atoms with E-state index in [1.165, 1.54) is 12.4 Å². The third-order valence-corrected chi connectivity index (χ3v) is 6.50. The van der Waals surface area contributed by atoms with E-state index in [0.717, 1.165) is 47.5 Å². The molecule has 198 valence electrons. The highest BCUT2D eigenvalue weighted by Crippen LogP contribution is 2.38. The van der Waals surface area contributed by atoms with E-state index in [0.29, 0.717) is 22.9 Å². The van der Waals surface area contributed by atoms with Gasteiger partial charge in [0.25, 0.3) is 0 Å². The number of benzene rings is 2. The molecule has 2 heterocycles. The lowest BCUT2D eigenvalue weighted by atomic mass is 10.1. The van der Waals surface area contributed by atoms with E-state index in [4.69, 9.17) is 4.74 Å². The average Bonchev–Trinajstić information content (AvgIpc) is 3.31. The van der Waals surface area contributed by atoms with Gasteiger partial charge < -0.3 is 25.2 Å². The predicted molar refractivity (Wildman–Crippen MR) is 153 cm³/mol. The Morgan fingerprint density at radius 2 is 1.95 bits per heavy atom. The molecule has 0 saturated carbocycles. The number of nitrogens with zero attached hydrogens (tertiary/aromatic N) is 6. The first kappa shape index (κ1) is 26.6. The van der Waals surface area contributed by atoms with Gasteiger partial charge in [0.05, 0.1) is 41.6 Å². The number of aromatic nitrogens is 4. The second-order valence-corrected chi connectivity index (χ2v) is 9.04. The second-order valence-electron chi connectivity index (χ2n) is 9.04. The van der Waals surface area contributed by atoms with Gasteiger partial charge in [-0.05, 0) is 31.8 Å². The zero-order valence-electron chi connectivity index (χ0n) is 22.5. The third kappa shape index (κ3) is 5.92. The molecule has 0 aliphatic carbocycles. The number of fused-ring (bicyclic) bond motifs is 1. The van der Waals surface area contributed by atoms with Gasteiger partial charge in [-0.25, -0.2) is 9.97 Å². The van der Waals surface area contributed by atoms with Crippen molar-refractivity contribution in [3.05, 3.63) is 61.6 Å². The van der Waals surface area contributed by atoms with Crippen molar-refractivity contribution in [1.29, 1.82) is 0 Å². The first-order valence-corrected chi connectivity index (χ1v) is 12.4. The minimum Gasteiger partial charge on any atom is -0.494 e. The molecule has 2 aromatic carbocycles. The molecule has 4 aromatic rings. The Morgan fingerprint density at radius 1 is 1.13 bits per heavy atom. The summed E-state index contributed by atoms with van der Waals surface area (Å²) in [5.74, 6) is 0.908. The summed E-state index contributed by atoms with van der Waals surface area (Å²) >= 11 is 0. The number of hydrogen-bond acceptors (Lipinski definition) is 8. The monoisotopic (exact) mass is 514 g/mol. The van der Waals surface area contributed by atoms with Crippen molar-refractivity contribution in [2.75, 3.05) is 56.4 Å². The summed E-state index contributed by atoms with van der Waals surface area (Å²) in [6.07, 6.45) is 4.61. The fourth-order valence-corrected chi connectivity index (χ4v) is 4.06. The zero-order chi connectivity index (χ0) is 27.2. The molecule has 0 radical (unpaired) electrons. The Labute approximate surface area is 222 Å². The van der Waals surface area contributed by atoms with Crippen LogP contribution < -0.4 is 20.3 Å². The van der Waals surface area contributed by atoms with Crippen LogP contribution in [0.4, 0.5) is 22.9 Å². The van der Waals surface area contributed by atoms with Crippen LogP contribution in [0.5, 0.6) is 5.75 Å². The summed E-state index contributed by atoms with van der Waals surface area (Å²) in [4.78, 5) is 25.5. The lowest BCUT2D eigenvalue weighted by Gasteiger charge is -2.26. The summed E-state index contributed by atoms with van der Waals surface area (Å²) < 4.78 is 7.56. The number of methoxy groups -OCH3 is 1. The molecule has 0 saturated heterocycles. The molecular weight excluding hydrogens is 480 g/mol. The van der Waals surface area contributed by atoms with Gasteiger partial charge in [-0.15, -0.1) is 0 Å². The molecule has 0 aliphatic heterocycles. The molecule has 2 N–H and O–H groups in total. The van der Waals surface area contributed by atoms with E-state index in [1.807, 2.05) is 55.3 Å². The summed E-state index contributed by atoms with van der Waals surface area (Å²) in [5, 5.41) is 11.6. The highest BCUT2D eigenvalue weighted by atomic mass is 16.5. The van der Waals surface area contributed by atoms with Crippen molar-refractivity contribution in [1.82, 2.24) is 24.6 Å². The van der Waals surface area contributed by atoms with Crippen molar-refractivity contribution >= 4 is 39.7 Å². The fourth-order valence-electron chi connectivity index (χ4n) is 4.06. The van der Waals surface area contributed by atoms with Gasteiger partial charge in [-0.3, -0.25) is 9.48 Å². The molecule has 10 nitrogen and oxygen atoms in total. The van der Waals surface area contributed by atoms with E-state index in [9.17, 15) is 4.79 Å². The van der Waals surface area contributed by atoms with Crippen LogP contribution in [0.3, 0.4) is 0 Å². The van der Waals surface area contributed by atoms with E-state index >= 15 is 0 Å². The van der Waals surface area contributed by atoms with Gasteiger partial charge >= 0.3 is 0 Å². The zero-order valence-corrected chi connectivity index (χ0v) is 22.5. The first-order valence-electron chi connectivity index (χ1n) is 12.4. The number of hydrogen-bond donors (Lipinski definition) is 2. The van der Waals surface area contributed by atoms with Crippen LogP contribution in [0.2, 0.25) is 0 Å². The van der Waals surface area contributed by atoms with E-state index in [1.54, 1.807) is 7.11 Å². The van der Waals surface area contributed by atoms with E-state index < -0.39 is 0 Å². The topological polar surface area (TPSA) is 100 Å². The van der Waals surface area contributed by atoms with Gasteiger partial charge in [-0.1, -0.05) is 25.6 Å². The van der Waals surface area contributed by atoms with Crippen molar-refractivity contribution in [3.63, 3.8) is 0 Å². The van der Waals surface area contributed by atoms with E-state index in [2.05, 4.69) is 62.1 Å². The van der Waals surface area contributed by atoms with Crippen LogP contribution in [0.15, 0.2) is 61.6 Å². The maximum Gasteiger partial charge on any atom is 0.247 e. The number of carbonyl (C=O) groups is 1. The van der Waals surface area contributed by atoms with Crippen molar-refractivity contribution in [2.45, 2.75) is 6.92 Å². The Balaban J connectivity index is 1.67. The fraction of sp³-hybridized carbons (Fsp3) is 0.286. The Kier molecular flexibility index (Phi) is 8.22. The van der Waals surface area contributed by atoms with Crippen molar-refractivity contribution < 1.29 is 9.53 Å². The molecule has 10 heteroatoms. The standard InChI is InChI=1S/C28H34N8O2/c1-7-28(37)33-22-14-23(26(38-6)16-25(22)35(4)12-11-34(3)8-2)32-27-15-21(29-18-30-27)19-9-10-20-17-31-36(5)24(20)13-19/h7,9-10,13-18H,1,8,11-12H2,2-6H3,(H,33,37)(H,29,30,32). The number of amides is 1. The molecule has 0 bridgehead atoms. The lowest BCUT2D eigenvalue weighted by molar-refractivity contribution is -0.111.